The molecule has 0 aromatic heterocycles. The zero-order valence-corrected chi connectivity index (χ0v) is 48.0. The maximum atomic E-state index is 12.6. The van der Waals surface area contributed by atoms with Gasteiger partial charge in [-0.15, -0.1) is 0 Å². The molecule has 0 radical (unpaired) electrons. The Morgan fingerprint density at radius 3 is 1.37 bits per heavy atom. The fourth-order valence-corrected chi connectivity index (χ4v) is 7.44. The summed E-state index contributed by atoms with van der Waals surface area (Å²) in [5, 5.41) is 71.2. The number of nitriles is 6. The average molecular weight is 1140 g/mol. The van der Waals surface area contributed by atoms with Gasteiger partial charge in [-0.05, 0) is 137 Å². The standard InChI is InChI=1S/C32H36N6O3.C19H21N5O2.C13H15NO.2CH4/c1-23(2)26-9-6-10-28(20-26)32(4,5)37-31(40)41-24(3)22-36-30(39)27(21-35)19-25-11-13-29(14-12-25)38(17-7-15-33)18-8-16-34;1-15(25)14-23-19(26)17(13-22)12-16-4-6-18(7-5-16)24(10-2-8-20)11-3-9-21;1-10(2)11-6-5-7-12(8-11)13(3,4)14-9-15;;/h6,9-14,19-20,24H,1,7-8,17-18,22H2,2-5H3,(H,36,39)(H,37,40);4-7,12,15,25H,2-3,10-11,14H2,1H3,(H,23,26);5-8H,1H2,2-4H3;2*1H4/b27-19+;17-12+;;;. The predicted octanol–water partition coefficient (Wildman–Crippen LogP) is 11.7. The van der Waals surface area contributed by atoms with Crippen LogP contribution in [0.2, 0.25) is 0 Å². The molecule has 4 N–H and O–H groups in total. The zero-order valence-electron chi connectivity index (χ0n) is 48.0. The van der Waals surface area contributed by atoms with Gasteiger partial charge in [0.15, 0.2) is 0 Å². The molecule has 3 amide bonds. The number of allylic oxidation sites excluding steroid dienone is 2. The molecule has 18 nitrogen and oxygen atoms in total. The van der Waals surface area contributed by atoms with Crippen molar-refractivity contribution in [3.63, 3.8) is 0 Å². The molecule has 0 aliphatic heterocycles. The Hall–Kier alpha value is -10.1. The number of aliphatic imine (C=N–C) groups is 1. The van der Waals surface area contributed by atoms with Crippen molar-refractivity contribution in [2.24, 2.45) is 4.99 Å². The number of amides is 3. The normalized spacial score (nSPS) is 11.2. The van der Waals surface area contributed by atoms with Crippen molar-refractivity contribution in [2.45, 2.75) is 119 Å². The largest absolute Gasteiger partial charge is 0.445 e. The van der Waals surface area contributed by atoms with Crippen molar-refractivity contribution in [3.05, 3.63) is 155 Å². The third-order valence-electron chi connectivity index (χ3n) is 12.1. The average Bonchev–Trinajstić information content (AvgIpc) is 3.61. The summed E-state index contributed by atoms with van der Waals surface area (Å²) < 4.78 is 5.43. The molecular weight excluding hydrogens is 1060 g/mol. The summed E-state index contributed by atoms with van der Waals surface area (Å²) in [6.07, 6.45) is 3.94. The van der Waals surface area contributed by atoms with Crippen LogP contribution in [0, 0.1) is 68.0 Å². The van der Waals surface area contributed by atoms with E-state index < -0.39 is 41.2 Å². The number of rotatable bonds is 25. The molecule has 0 aliphatic carbocycles. The molecule has 4 aromatic rings. The number of aliphatic hydroxyl groups excluding tert-OH is 1. The van der Waals surface area contributed by atoms with Crippen LogP contribution in [0.15, 0.2) is 126 Å². The Kier molecular flexibility index (Phi) is 33.9. The van der Waals surface area contributed by atoms with Gasteiger partial charge in [-0.3, -0.25) is 9.59 Å². The highest BCUT2D eigenvalue weighted by Crippen LogP contribution is 2.27. The molecule has 0 bridgehead atoms. The molecule has 2 unspecified atom stereocenters. The Bertz CT molecular complexity index is 3170. The van der Waals surface area contributed by atoms with Gasteiger partial charge in [0.25, 0.3) is 11.8 Å². The number of nitrogens with one attached hydrogen (secondary N) is 3. The second-order valence-corrected chi connectivity index (χ2v) is 19.8. The number of anilines is 2. The molecule has 0 aliphatic rings. The first-order valence-corrected chi connectivity index (χ1v) is 26.3. The molecule has 84 heavy (non-hydrogen) atoms. The minimum atomic E-state index is -0.708. The number of aliphatic hydroxyl groups is 1. The lowest BCUT2D eigenvalue weighted by Crippen LogP contribution is -2.44. The van der Waals surface area contributed by atoms with Crippen LogP contribution in [0.4, 0.5) is 16.2 Å². The van der Waals surface area contributed by atoms with Crippen molar-refractivity contribution in [1.29, 1.82) is 31.6 Å². The van der Waals surface area contributed by atoms with Crippen molar-refractivity contribution >= 4 is 58.7 Å². The highest BCUT2D eigenvalue weighted by atomic mass is 16.6. The van der Waals surface area contributed by atoms with E-state index in [4.69, 9.17) is 31.0 Å². The van der Waals surface area contributed by atoms with E-state index in [2.05, 4.69) is 58.4 Å². The number of benzene rings is 4. The molecule has 0 spiro atoms. The van der Waals surface area contributed by atoms with Gasteiger partial charge in [-0.2, -0.15) is 36.6 Å². The van der Waals surface area contributed by atoms with E-state index >= 15 is 0 Å². The van der Waals surface area contributed by atoms with Gasteiger partial charge in [0.05, 0.1) is 73.7 Å². The minimum Gasteiger partial charge on any atom is -0.445 e. The van der Waals surface area contributed by atoms with Crippen LogP contribution in [0.1, 0.15) is 129 Å². The van der Waals surface area contributed by atoms with Crippen LogP contribution in [0.5, 0.6) is 0 Å². The van der Waals surface area contributed by atoms with Crippen molar-refractivity contribution in [3.8, 4) is 36.4 Å². The van der Waals surface area contributed by atoms with Gasteiger partial charge in [0, 0.05) is 44.1 Å². The number of hydrogen-bond donors (Lipinski definition) is 4. The summed E-state index contributed by atoms with van der Waals surface area (Å²) in [5.74, 6) is -1.13. The Labute approximate surface area is 497 Å². The van der Waals surface area contributed by atoms with Crippen LogP contribution in [-0.2, 0) is 30.2 Å². The molecule has 0 fully saturated rings. The third-order valence-corrected chi connectivity index (χ3v) is 12.1. The molecule has 0 saturated heterocycles. The summed E-state index contributed by atoms with van der Waals surface area (Å²) >= 11 is 0. The molecule has 0 heterocycles. The van der Waals surface area contributed by atoms with E-state index in [1.165, 1.54) is 12.2 Å². The topological polar surface area (TPSA) is 295 Å². The number of nitrogens with zero attached hydrogens (tertiary/aromatic N) is 9. The van der Waals surface area contributed by atoms with E-state index in [1.54, 1.807) is 44.2 Å². The summed E-state index contributed by atoms with van der Waals surface area (Å²) in [5.41, 5.74) is 7.50. The summed E-state index contributed by atoms with van der Waals surface area (Å²) in [7, 11) is 0. The van der Waals surface area contributed by atoms with Gasteiger partial charge >= 0.3 is 6.09 Å². The second kappa shape index (κ2) is 38.6. The maximum Gasteiger partial charge on any atom is 0.408 e. The summed E-state index contributed by atoms with van der Waals surface area (Å²) in [6.45, 7) is 24.5. The number of isocyanates is 1. The van der Waals surface area contributed by atoms with E-state index in [0.717, 1.165) is 44.8 Å². The first kappa shape index (κ1) is 73.9. The monoisotopic (exact) mass is 1140 g/mol. The third kappa shape index (κ3) is 26.5. The maximum absolute atomic E-state index is 12.6. The van der Waals surface area contributed by atoms with Crippen LogP contribution in [0.3, 0.4) is 0 Å². The molecule has 4 aromatic carbocycles. The SMILES string of the molecule is C.C.C=C(C)c1cccc(C(C)(C)N=C=O)c1.C=C(C)c1cccc(C(C)(C)NC(=O)OC(C)CNC(=O)/C(C#N)=C/c2ccc(N(CCC#N)CCC#N)cc2)c1.CC(O)CNC(=O)/C(C#N)=C/c1ccc(N(CCC#N)CCC#N)cc1. The Morgan fingerprint density at radius 2 is 1.01 bits per heavy atom. The lowest BCUT2D eigenvalue weighted by Gasteiger charge is -2.28. The highest BCUT2D eigenvalue weighted by Gasteiger charge is 2.25. The lowest BCUT2D eigenvalue weighted by molar-refractivity contribution is -0.118. The Balaban J connectivity index is 0.00000136. The van der Waals surface area contributed by atoms with E-state index in [0.29, 0.717) is 63.0 Å². The van der Waals surface area contributed by atoms with Crippen molar-refractivity contribution in [2.75, 3.05) is 49.1 Å². The molecule has 2 atom stereocenters. The van der Waals surface area contributed by atoms with Crippen molar-refractivity contribution < 1.29 is 29.0 Å². The fraction of sp³-hybridized carbons (Fsp3) is 0.364. The predicted molar refractivity (Wildman–Crippen MR) is 332 cm³/mol. The molecule has 440 valence electrons. The quantitative estimate of drug-likeness (QED) is 0.0208. The molecule has 0 saturated carbocycles. The molecule has 4 rings (SSSR count). The van der Waals surface area contributed by atoms with E-state index in [1.807, 2.05) is 136 Å². The minimum absolute atomic E-state index is 0. The lowest BCUT2D eigenvalue weighted by atomic mass is 9.92. The number of ether oxygens (including phenoxy) is 1. The van der Waals surface area contributed by atoms with Crippen molar-refractivity contribution in [1.82, 2.24) is 16.0 Å². The highest BCUT2D eigenvalue weighted by molar-refractivity contribution is 6.02. The smallest absolute Gasteiger partial charge is 0.408 e. The van der Waals surface area contributed by atoms with Gasteiger partial charge < -0.3 is 35.6 Å². The van der Waals surface area contributed by atoms with Gasteiger partial charge in [-0.1, -0.05) is 99.8 Å². The Morgan fingerprint density at radius 1 is 0.631 bits per heavy atom. The van der Waals surface area contributed by atoms with Crippen LogP contribution in [0.25, 0.3) is 23.3 Å². The molecular formula is C66H80N12O6. The first-order valence-electron chi connectivity index (χ1n) is 26.3. The van der Waals surface area contributed by atoms with Gasteiger partial charge in [-0.25, -0.2) is 9.59 Å². The number of carbonyl (C=O) groups is 3. The second-order valence-electron chi connectivity index (χ2n) is 19.8. The van der Waals surface area contributed by atoms with Crippen LogP contribution < -0.4 is 25.8 Å². The number of carbonyl (C=O) groups excluding carboxylic acids is 4. The number of alkyl carbamates (subject to hydrolysis) is 1. The zero-order chi connectivity index (χ0) is 61.3. The van der Waals surface area contributed by atoms with E-state index in [-0.39, 0.29) is 39.1 Å². The summed E-state index contributed by atoms with van der Waals surface area (Å²) in [4.78, 5) is 55.1. The van der Waals surface area contributed by atoms with Crippen LogP contribution in [-0.4, -0.2) is 80.6 Å². The summed E-state index contributed by atoms with van der Waals surface area (Å²) in [6, 6.07) is 42.1. The van der Waals surface area contributed by atoms with Crippen LogP contribution >= 0.6 is 0 Å². The molecule has 18 heteroatoms. The van der Waals surface area contributed by atoms with Gasteiger partial charge in [0.2, 0.25) is 6.08 Å². The van der Waals surface area contributed by atoms with Gasteiger partial charge in [0.1, 0.15) is 29.4 Å². The fourth-order valence-electron chi connectivity index (χ4n) is 7.44. The number of hydrogen-bond acceptors (Lipinski definition) is 15. The van der Waals surface area contributed by atoms with E-state index in [9.17, 15) is 29.5 Å². The first-order chi connectivity index (χ1) is 39.0.